The molecule has 3 fully saturated rings. The normalized spacial score (nSPS) is 33.4. The zero-order valence-electron chi connectivity index (χ0n) is 9.00. The van der Waals surface area contributed by atoms with Gasteiger partial charge in [-0.15, -0.1) is 11.8 Å². The second kappa shape index (κ2) is 3.71. The van der Waals surface area contributed by atoms with Crippen LogP contribution in [0.4, 0.5) is 0 Å². The van der Waals surface area contributed by atoms with Crippen LogP contribution in [-0.4, -0.2) is 28.1 Å². The summed E-state index contributed by atoms with van der Waals surface area (Å²) < 4.78 is 0. The summed E-state index contributed by atoms with van der Waals surface area (Å²) in [5.41, 5.74) is 0.666. The van der Waals surface area contributed by atoms with Crippen LogP contribution in [0.3, 0.4) is 0 Å². The van der Waals surface area contributed by atoms with E-state index < -0.39 is 0 Å². The predicted octanol–water partition coefficient (Wildman–Crippen LogP) is 3.25. The third-order valence-electron chi connectivity index (χ3n) is 4.51. The van der Waals surface area contributed by atoms with Crippen molar-refractivity contribution in [1.82, 2.24) is 4.90 Å². The van der Waals surface area contributed by atoms with Crippen molar-refractivity contribution in [2.24, 2.45) is 0 Å². The van der Waals surface area contributed by atoms with Gasteiger partial charge in [0.2, 0.25) is 0 Å². The molecule has 1 aliphatic heterocycles. The molecule has 14 heavy (non-hydrogen) atoms. The minimum absolute atomic E-state index is 0.666. The standard InChI is InChI=1S/C12H21NS/c1-2-6-11(5-1)13-10-14-9-12(13)7-3-4-8-12/h11H,1-10H2. The van der Waals surface area contributed by atoms with E-state index in [-0.39, 0.29) is 0 Å². The van der Waals surface area contributed by atoms with Crippen LogP contribution in [0, 0.1) is 0 Å². The molecule has 2 saturated carbocycles. The Morgan fingerprint density at radius 2 is 1.71 bits per heavy atom. The molecule has 1 heterocycles. The van der Waals surface area contributed by atoms with Crippen molar-refractivity contribution in [2.75, 3.05) is 11.6 Å². The number of hydrogen-bond acceptors (Lipinski definition) is 2. The van der Waals surface area contributed by atoms with Gasteiger partial charge in [0.1, 0.15) is 0 Å². The summed E-state index contributed by atoms with van der Waals surface area (Å²) in [6, 6.07) is 0.961. The van der Waals surface area contributed by atoms with Gasteiger partial charge in [-0.1, -0.05) is 25.7 Å². The fourth-order valence-electron chi connectivity index (χ4n) is 3.73. The monoisotopic (exact) mass is 211 g/mol. The molecule has 3 aliphatic rings. The quantitative estimate of drug-likeness (QED) is 0.655. The summed E-state index contributed by atoms with van der Waals surface area (Å²) in [5.74, 6) is 2.77. The number of hydrogen-bond donors (Lipinski definition) is 0. The van der Waals surface area contributed by atoms with Crippen molar-refractivity contribution in [1.29, 1.82) is 0 Å². The van der Waals surface area contributed by atoms with E-state index in [2.05, 4.69) is 16.7 Å². The first kappa shape index (κ1) is 9.53. The first-order valence-electron chi connectivity index (χ1n) is 6.25. The zero-order valence-corrected chi connectivity index (χ0v) is 9.82. The highest BCUT2D eigenvalue weighted by molar-refractivity contribution is 7.99. The maximum atomic E-state index is 2.90. The molecule has 1 nitrogen and oxygen atoms in total. The number of nitrogens with zero attached hydrogens (tertiary/aromatic N) is 1. The van der Waals surface area contributed by atoms with Crippen molar-refractivity contribution >= 4 is 11.8 Å². The van der Waals surface area contributed by atoms with E-state index in [1.54, 1.807) is 0 Å². The molecule has 0 N–H and O–H groups in total. The van der Waals surface area contributed by atoms with Crippen LogP contribution >= 0.6 is 11.8 Å². The van der Waals surface area contributed by atoms with Crippen LogP contribution in [-0.2, 0) is 0 Å². The fourth-order valence-corrected chi connectivity index (χ4v) is 5.33. The lowest BCUT2D eigenvalue weighted by Crippen LogP contribution is -2.48. The van der Waals surface area contributed by atoms with Crippen molar-refractivity contribution in [3.05, 3.63) is 0 Å². The van der Waals surface area contributed by atoms with Gasteiger partial charge in [-0.25, -0.2) is 0 Å². The third kappa shape index (κ3) is 1.42. The van der Waals surface area contributed by atoms with E-state index in [0.717, 1.165) is 6.04 Å². The molecule has 0 amide bonds. The molecule has 0 unspecified atom stereocenters. The van der Waals surface area contributed by atoms with E-state index in [0.29, 0.717) is 5.54 Å². The summed E-state index contributed by atoms with van der Waals surface area (Å²) in [6.07, 6.45) is 11.9. The molecule has 0 radical (unpaired) electrons. The molecule has 0 atom stereocenters. The summed E-state index contributed by atoms with van der Waals surface area (Å²) in [4.78, 5) is 2.90. The third-order valence-corrected chi connectivity index (χ3v) is 5.71. The Bertz CT molecular complexity index is 199. The topological polar surface area (TPSA) is 3.24 Å². The smallest absolute Gasteiger partial charge is 0.0453 e. The van der Waals surface area contributed by atoms with Crippen LogP contribution in [0.2, 0.25) is 0 Å². The molecular formula is C12H21NS. The van der Waals surface area contributed by atoms with Crippen molar-refractivity contribution in [3.8, 4) is 0 Å². The Balaban J connectivity index is 1.76. The molecular weight excluding hydrogens is 190 g/mol. The largest absolute Gasteiger partial charge is 0.285 e. The van der Waals surface area contributed by atoms with E-state index in [1.165, 1.54) is 63.0 Å². The lowest BCUT2D eigenvalue weighted by atomic mass is 9.96. The Kier molecular flexibility index (Phi) is 2.53. The minimum Gasteiger partial charge on any atom is -0.285 e. The van der Waals surface area contributed by atoms with Crippen LogP contribution in [0.15, 0.2) is 0 Å². The van der Waals surface area contributed by atoms with E-state index in [4.69, 9.17) is 0 Å². The predicted molar refractivity (Wildman–Crippen MR) is 62.6 cm³/mol. The molecule has 0 aromatic heterocycles. The van der Waals surface area contributed by atoms with Crippen LogP contribution in [0.1, 0.15) is 51.4 Å². The van der Waals surface area contributed by atoms with Gasteiger partial charge in [0, 0.05) is 23.2 Å². The first-order valence-corrected chi connectivity index (χ1v) is 7.41. The number of thioether (sulfide) groups is 1. The maximum Gasteiger partial charge on any atom is 0.0453 e. The average Bonchev–Trinajstić information content (AvgIpc) is 2.91. The Hall–Kier alpha value is 0.310. The fraction of sp³-hybridized carbons (Fsp3) is 1.00. The Morgan fingerprint density at radius 1 is 1.00 bits per heavy atom. The highest BCUT2D eigenvalue weighted by Crippen LogP contribution is 2.46. The molecule has 0 aromatic carbocycles. The average molecular weight is 211 g/mol. The summed E-state index contributed by atoms with van der Waals surface area (Å²) >= 11 is 2.19. The van der Waals surface area contributed by atoms with Crippen molar-refractivity contribution < 1.29 is 0 Å². The molecule has 1 spiro atoms. The van der Waals surface area contributed by atoms with Gasteiger partial charge >= 0.3 is 0 Å². The van der Waals surface area contributed by atoms with Crippen molar-refractivity contribution in [2.45, 2.75) is 62.9 Å². The summed E-state index contributed by atoms with van der Waals surface area (Å²) in [5, 5.41) is 0. The highest BCUT2D eigenvalue weighted by Gasteiger charge is 2.46. The lowest BCUT2D eigenvalue weighted by Gasteiger charge is -2.38. The van der Waals surface area contributed by atoms with Crippen LogP contribution in [0.25, 0.3) is 0 Å². The minimum atomic E-state index is 0.666. The molecule has 2 aliphatic carbocycles. The Morgan fingerprint density at radius 3 is 2.43 bits per heavy atom. The molecule has 80 valence electrons. The van der Waals surface area contributed by atoms with Gasteiger partial charge in [0.25, 0.3) is 0 Å². The molecule has 2 heteroatoms. The van der Waals surface area contributed by atoms with Crippen LogP contribution in [0.5, 0.6) is 0 Å². The van der Waals surface area contributed by atoms with Gasteiger partial charge in [-0.2, -0.15) is 0 Å². The first-order chi connectivity index (χ1) is 6.91. The van der Waals surface area contributed by atoms with Gasteiger partial charge in [0.05, 0.1) is 0 Å². The second-order valence-corrected chi connectivity index (χ2v) is 6.27. The molecule has 1 saturated heterocycles. The van der Waals surface area contributed by atoms with E-state index in [1.807, 2.05) is 0 Å². The summed E-state index contributed by atoms with van der Waals surface area (Å²) in [6.45, 7) is 0. The highest BCUT2D eigenvalue weighted by atomic mass is 32.2. The molecule has 3 rings (SSSR count). The van der Waals surface area contributed by atoms with Gasteiger partial charge in [0.15, 0.2) is 0 Å². The number of rotatable bonds is 1. The van der Waals surface area contributed by atoms with E-state index >= 15 is 0 Å². The summed E-state index contributed by atoms with van der Waals surface area (Å²) in [7, 11) is 0. The van der Waals surface area contributed by atoms with Gasteiger partial charge < -0.3 is 0 Å². The SMILES string of the molecule is C1CCC(N2CSCC23CCCC3)C1. The molecule has 0 aromatic rings. The van der Waals surface area contributed by atoms with Gasteiger partial charge in [-0.05, 0) is 25.7 Å². The second-order valence-electron chi connectivity index (χ2n) is 5.32. The zero-order chi connectivity index (χ0) is 9.43. The Labute approximate surface area is 91.6 Å². The van der Waals surface area contributed by atoms with E-state index in [9.17, 15) is 0 Å². The lowest BCUT2D eigenvalue weighted by molar-refractivity contribution is 0.102. The molecule has 0 bridgehead atoms. The van der Waals surface area contributed by atoms with Crippen LogP contribution < -0.4 is 0 Å². The van der Waals surface area contributed by atoms with Crippen molar-refractivity contribution in [3.63, 3.8) is 0 Å². The van der Waals surface area contributed by atoms with Gasteiger partial charge in [-0.3, -0.25) is 4.90 Å². The maximum absolute atomic E-state index is 2.90.